The van der Waals surface area contributed by atoms with Crippen molar-refractivity contribution in [3.63, 3.8) is 0 Å². The van der Waals surface area contributed by atoms with Crippen LogP contribution in [-0.4, -0.2) is 34.4 Å². The molecule has 0 amide bonds. The first-order chi connectivity index (χ1) is 11.3. The molecule has 0 radical (unpaired) electrons. The first kappa shape index (κ1) is 17.8. The molecule has 6 heteroatoms. The van der Waals surface area contributed by atoms with Gasteiger partial charge in [-0.25, -0.2) is 12.8 Å². The molecular formula is C18H26FNO3S. The predicted octanol–water partition coefficient (Wildman–Crippen LogP) is 2.77. The van der Waals surface area contributed by atoms with Gasteiger partial charge in [-0.3, -0.25) is 0 Å². The van der Waals surface area contributed by atoms with Crippen molar-refractivity contribution in [3.8, 4) is 0 Å². The van der Waals surface area contributed by atoms with Gasteiger partial charge in [0.25, 0.3) is 0 Å². The lowest BCUT2D eigenvalue weighted by atomic mass is 9.82. The second-order valence-corrected chi connectivity index (χ2v) is 9.47. The maximum Gasteiger partial charge on any atom is 0.178 e. The zero-order valence-electron chi connectivity index (χ0n) is 14.3. The van der Waals surface area contributed by atoms with Crippen molar-refractivity contribution < 1.29 is 17.5 Å². The first-order valence-corrected chi connectivity index (χ1v) is 10.5. The number of hydrogen-bond donors (Lipinski definition) is 1. The van der Waals surface area contributed by atoms with E-state index in [1.165, 1.54) is 31.4 Å². The van der Waals surface area contributed by atoms with Crippen molar-refractivity contribution >= 4 is 9.84 Å². The number of ether oxygens (including phenoxy) is 1. The average molecular weight is 355 g/mol. The van der Waals surface area contributed by atoms with Gasteiger partial charge in [0, 0.05) is 6.26 Å². The van der Waals surface area contributed by atoms with E-state index < -0.39 is 15.7 Å². The molecule has 1 heterocycles. The fraction of sp³-hybridized carbons (Fsp3) is 0.667. The van der Waals surface area contributed by atoms with Gasteiger partial charge < -0.3 is 10.1 Å². The van der Waals surface area contributed by atoms with E-state index in [9.17, 15) is 12.8 Å². The third-order valence-corrected chi connectivity index (χ3v) is 6.84. The lowest BCUT2D eigenvalue weighted by molar-refractivity contribution is 0.0922. The molecule has 1 saturated heterocycles. The fourth-order valence-electron chi connectivity index (χ4n) is 3.96. The van der Waals surface area contributed by atoms with Crippen LogP contribution in [0.4, 0.5) is 4.39 Å². The second kappa shape index (κ2) is 6.73. The second-order valence-electron chi connectivity index (χ2n) is 7.48. The summed E-state index contributed by atoms with van der Waals surface area (Å²) in [4.78, 5) is -0.257. The molecule has 24 heavy (non-hydrogen) atoms. The van der Waals surface area contributed by atoms with Crippen LogP contribution in [0, 0.1) is 23.1 Å². The summed E-state index contributed by atoms with van der Waals surface area (Å²) in [6, 6.07) is 4.20. The molecule has 3 rings (SSSR count). The third kappa shape index (κ3) is 3.81. The van der Waals surface area contributed by atoms with Crippen LogP contribution in [0.3, 0.4) is 0 Å². The maximum absolute atomic E-state index is 13.9. The van der Waals surface area contributed by atoms with E-state index in [-0.39, 0.29) is 4.90 Å². The minimum Gasteiger partial charge on any atom is -0.376 e. The highest BCUT2D eigenvalue weighted by molar-refractivity contribution is 7.90. The van der Waals surface area contributed by atoms with Gasteiger partial charge >= 0.3 is 0 Å². The summed E-state index contributed by atoms with van der Waals surface area (Å²) < 4.78 is 42.5. The Morgan fingerprint density at radius 3 is 2.67 bits per heavy atom. The van der Waals surface area contributed by atoms with Crippen LogP contribution in [0.5, 0.6) is 0 Å². The van der Waals surface area contributed by atoms with E-state index in [0.717, 1.165) is 25.3 Å². The Kier molecular flexibility index (Phi) is 5.00. The van der Waals surface area contributed by atoms with Gasteiger partial charge in [-0.15, -0.1) is 0 Å². The topological polar surface area (TPSA) is 55.4 Å². The molecule has 0 aromatic heterocycles. The minimum absolute atomic E-state index is 0.257. The van der Waals surface area contributed by atoms with Gasteiger partial charge in [-0.2, -0.15) is 0 Å². The Labute approximate surface area is 143 Å². The number of piperidine rings is 1. The molecule has 0 unspecified atom stereocenters. The monoisotopic (exact) mass is 355 g/mol. The first-order valence-electron chi connectivity index (χ1n) is 8.57. The zero-order valence-corrected chi connectivity index (χ0v) is 15.2. The number of benzene rings is 1. The fourth-order valence-corrected chi connectivity index (χ4v) is 4.68. The summed E-state index contributed by atoms with van der Waals surface area (Å²) in [5, 5.41) is 3.40. The Balaban J connectivity index is 1.50. The van der Waals surface area contributed by atoms with E-state index in [1.807, 2.05) is 0 Å². The smallest absolute Gasteiger partial charge is 0.178 e. The van der Waals surface area contributed by atoms with Gasteiger partial charge in [0.2, 0.25) is 0 Å². The molecule has 0 spiro atoms. The largest absolute Gasteiger partial charge is 0.376 e. The van der Waals surface area contributed by atoms with Gasteiger partial charge in [0.15, 0.2) is 9.84 Å². The van der Waals surface area contributed by atoms with E-state index in [0.29, 0.717) is 30.1 Å². The Morgan fingerprint density at radius 1 is 1.33 bits per heavy atom. The van der Waals surface area contributed by atoms with Crippen molar-refractivity contribution in [2.75, 3.05) is 26.0 Å². The number of hydrogen-bond acceptors (Lipinski definition) is 4. The summed E-state index contributed by atoms with van der Waals surface area (Å²) in [7, 11) is -3.52. The molecule has 1 N–H and O–H groups in total. The zero-order chi connectivity index (χ0) is 17.4. The molecule has 2 fully saturated rings. The number of rotatable bonds is 6. The Morgan fingerprint density at radius 2 is 2.04 bits per heavy atom. The summed E-state index contributed by atoms with van der Waals surface area (Å²) in [5.41, 5.74) is 1.07. The van der Waals surface area contributed by atoms with Crippen LogP contribution >= 0.6 is 0 Å². The molecule has 2 atom stereocenters. The highest BCUT2D eigenvalue weighted by Crippen LogP contribution is 2.59. The summed E-state index contributed by atoms with van der Waals surface area (Å²) in [6.45, 7) is 5.59. The normalized spacial score (nSPS) is 28.0. The lowest BCUT2D eigenvalue weighted by Gasteiger charge is -2.29. The standard InChI is InChI=1S/C18H26FNO3S/c1-18(14-5-7-20-8-6-14)10-15(18)12-23-11-13-3-4-17(16(19)9-13)24(2,21)22/h3-4,9,14-15,20H,5-8,10-12H2,1-2H3/t15-,18+/m0/s1. The van der Waals surface area contributed by atoms with Gasteiger partial charge in [0.05, 0.1) is 13.2 Å². The minimum atomic E-state index is -3.52. The van der Waals surface area contributed by atoms with Crippen LogP contribution < -0.4 is 5.32 Å². The molecule has 1 aromatic carbocycles. The van der Waals surface area contributed by atoms with Gasteiger partial charge in [-0.05, 0) is 67.3 Å². The molecule has 1 aliphatic carbocycles. The highest BCUT2D eigenvalue weighted by Gasteiger charge is 2.54. The van der Waals surface area contributed by atoms with Crippen molar-refractivity contribution in [1.29, 1.82) is 0 Å². The van der Waals surface area contributed by atoms with E-state index in [1.54, 1.807) is 6.07 Å². The lowest BCUT2D eigenvalue weighted by Crippen LogP contribution is -2.32. The number of halogens is 1. The molecule has 1 saturated carbocycles. The molecule has 134 valence electrons. The number of sulfone groups is 1. The molecule has 4 nitrogen and oxygen atoms in total. The molecule has 1 aromatic rings. The highest BCUT2D eigenvalue weighted by atomic mass is 32.2. The average Bonchev–Trinajstić information content (AvgIpc) is 3.19. The van der Waals surface area contributed by atoms with Gasteiger partial charge in [0.1, 0.15) is 10.7 Å². The van der Waals surface area contributed by atoms with E-state index in [2.05, 4.69) is 12.2 Å². The van der Waals surface area contributed by atoms with Crippen LogP contribution in [0.25, 0.3) is 0 Å². The quantitative estimate of drug-likeness (QED) is 0.852. The van der Waals surface area contributed by atoms with E-state index >= 15 is 0 Å². The van der Waals surface area contributed by atoms with Crippen molar-refractivity contribution in [2.24, 2.45) is 17.3 Å². The third-order valence-electron chi connectivity index (χ3n) is 5.71. The van der Waals surface area contributed by atoms with Gasteiger partial charge in [-0.1, -0.05) is 13.0 Å². The summed E-state index contributed by atoms with van der Waals surface area (Å²) in [6.07, 6.45) is 4.70. The molecular weight excluding hydrogens is 329 g/mol. The molecule has 0 bridgehead atoms. The van der Waals surface area contributed by atoms with Crippen LogP contribution in [0.15, 0.2) is 23.1 Å². The van der Waals surface area contributed by atoms with Crippen LogP contribution in [-0.2, 0) is 21.2 Å². The summed E-state index contributed by atoms with van der Waals surface area (Å²) >= 11 is 0. The predicted molar refractivity (Wildman–Crippen MR) is 91.0 cm³/mol. The van der Waals surface area contributed by atoms with Crippen LogP contribution in [0.2, 0.25) is 0 Å². The van der Waals surface area contributed by atoms with Crippen molar-refractivity contribution in [3.05, 3.63) is 29.6 Å². The Bertz CT molecular complexity index is 700. The SMILES string of the molecule is C[C@]1(C2CCNCC2)C[C@H]1COCc1ccc(S(C)(=O)=O)c(F)c1. The van der Waals surface area contributed by atoms with E-state index in [4.69, 9.17) is 4.74 Å². The summed E-state index contributed by atoms with van der Waals surface area (Å²) in [5.74, 6) is 0.657. The maximum atomic E-state index is 13.9. The van der Waals surface area contributed by atoms with Crippen LogP contribution in [0.1, 0.15) is 31.7 Å². The van der Waals surface area contributed by atoms with Crippen molar-refractivity contribution in [1.82, 2.24) is 5.32 Å². The molecule has 1 aliphatic heterocycles. The van der Waals surface area contributed by atoms with Crippen molar-refractivity contribution in [2.45, 2.75) is 37.7 Å². The number of nitrogens with one attached hydrogen (secondary N) is 1. The molecule has 2 aliphatic rings. The Hall–Kier alpha value is -0.980.